The minimum absolute atomic E-state index is 0.114. The molecule has 0 radical (unpaired) electrons. The van der Waals surface area contributed by atoms with Crippen LogP contribution in [0.25, 0.3) is 0 Å². The van der Waals surface area contributed by atoms with Crippen LogP contribution in [0.15, 0.2) is 24.3 Å². The zero-order valence-corrected chi connectivity index (χ0v) is 14.1. The fraction of sp³-hybridized carbons (Fsp3) is 0.533. The van der Waals surface area contributed by atoms with Crippen molar-refractivity contribution in [1.82, 2.24) is 9.62 Å². The number of rotatable bonds is 5. The minimum Gasteiger partial charge on any atom is -0.356 e. The van der Waals surface area contributed by atoms with Gasteiger partial charge in [-0.2, -0.15) is 12.7 Å². The minimum atomic E-state index is -3.75. The Balaban J connectivity index is 2.14. The van der Waals surface area contributed by atoms with Gasteiger partial charge in [0, 0.05) is 26.7 Å². The Morgan fingerprint density at radius 1 is 1.39 bits per heavy atom. The highest BCUT2D eigenvalue weighted by molar-refractivity contribution is 7.90. The van der Waals surface area contributed by atoms with Crippen LogP contribution in [0.3, 0.4) is 0 Å². The molecule has 1 aliphatic heterocycles. The highest BCUT2D eigenvalue weighted by Crippen LogP contribution is 2.24. The smallest absolute Gasteiger partial charge is 0.303 e. The fourth-order valence-corrected chi connectivity index (χ4v) is 4.10. The van der Waals surface area contributed by atoms with Crippen LogP contribution in [0.1, 0.15) is 19.8 Å². The van der Waals surface area contributed by atoms with Crippen molar-refractivity contribution in [3.8, 4) is 0 Å². The van der Waals surface area contributed by atoms with Crippen LogP contribution in [0, 0.1) is 11.7 Å². The van der Waals surface area contributed by atoms with E-state index in [1.54, 1.807) is 0 Å². The number of carbonyl (C=O) groups is 1. The summed E-state index contributed by atoms with van der Waals surface area (Å²) >= 11 is 0. The third kappa shape index (κ3) is 4.00. The second-order valence-electron chi connectivity index (χ2n) is 5.54. The number of anilines is 1. The molecule has 1 atom stereocenters. The summed E-state index contributed by atoms with van der Waals surface area (Å²) in [7, 11) is -2.32. The van der Waals surface area contributed by atoms with Gasteiger partial charge in [0.2, 0.25) is 5.91 Å². The molecule has 0 spiro atoms. The number of carbonyl (C=O) groups excluding carboxylic acids is 1. The van der Waals surface area contributed by atoms with Crippen LogP contribution in [-0.2, 0) is 15.0 Å². The van der Waals surface area contributed by atoms with E-state index in [-0.39, 0.29) is 18.4 Å². The van der Waals surface area contributed by atoms with Crippen LogP contribution in [0.4, 0.5) is 10.1 Å². The van der Waals surface area contributed by atoms with Gasteiger partial charge >= 0.3 is 10.2 Å². The van der Waals surface area contributed by atoms with E-state index in [9.17, 15) is 17.6 Å². The molecule has 0 bridgehead atoms. The van der Waals surface area contributed by atoms with Gasteiger partial charge in [-0.3, -0.25) is 9.10 Å². The normalized spacial score (nSPS) is 19.3. The second-order valence-corrected chi connectivity index (χ2v) is 7.50. The Kier molecular flexibility index (Phi) is 5.59. The molecule has 1 fully saturated rings. The molecule has 0 saturated carbocycles. The van der Waals surface area contributed by atoms with E-state index in [0.717, 1.165) is 4.31 Å². The van der Waals surface area contributed by atoms with Crippen molar-refractivity contribution in [1.29, 1.82) is 0 Å². The number of nitrogens with one attached hydrogen (secondary N) is 1. The lowest BCUT2D eigenvalue weighted by Gasteiger charge is -2.34. The molecule has 1 aliphatic rings. The molecular formula is C15H22FN3O3S. The molecule has 1 amide bonds. The predicted molar refractivity (Wildman–Crippen MR) is 86.7 cm³/mol. The average molecular weight is 343 g/mol. The van der Waals surface area contributed by atoms with Crippen molar-refractivity contribution < 1.29 is 17.6 Å². The first kappa shape index (κ1) is 17.7. The Morgan fingerprint density at radius 2 is 2.04 bits per heavy atom. The molecule has 1 heterocycles. The Hall–Kier alpha value is -1.67. The quantitative estimate of drug-likeness (QED) is 0.877. The molecule has 8 heteroatoms. The van der Waals surface area contributed by atoms with E-state index in [1.165, 1.54) is 35.6 Å². The fourth-order valence-electron chi connectivity index (χ4n) is 2.64. The van der Waals surface area contributed by atoms with Crippen LogP contribution < -0.4 is 9.62 Å². The van der Waals surface area contributed by atoms with Gasteiger partial charge in [-0.1, -0.05) is 0 Å². The van der Waals surface area contributed by atoms with Crippen LogP contribution >= 0.6 is 0 Å². The molecule has 0 aliphatic carbocycles. The summed E-state index contributed by atoms with van der Waals surface area (Å²) in [6.45, 7) is 2.90. The summed E-state index contributed by atoms with van der Waals surface area (Å²) in [6, 6.07) is 5.26. The molecule has 1 aromatic carbocycles. The molecular weight excluding hydrogens is 321 g/mol. The zero-order chi connectivity index (χ0) is 17.0. The summed E-state index contributed by atoms with van der Waals surface area (Å²) in [5.74, 6) is -0.870. The lowest BCUT2D eigenvalue weighted by molar-refractivity contribution is -0.125. The van der Waals surface area contributed by atoms with Gasteiger partial charge in [-0.05, 0) is 44.0 Å². The lowest BCUT2D eigenvalue weighted by Crippen LogP contribution is -2.49. The number of nitrogens with zero attached hydrogens (tertiary/aromatic N) is 2. The lowest BCUT2D eigenvalue weighted by atomic mass is 9.99. The van der Waals surface area contributed by atoms with Gasteiger partial charge in [-0.25, -0.2) is 4.39 Å². The Bertz CT molecular complexity index is 648. The van der Waals surface area contributed by atoms with Crippen molar-refractivity contribution in [3.63, 3.8) is 0 Å². The van der Waals surface area contributed by atoms with E-state index in [1.807, 2.05) is 6.92 Å². The predicted octanol–water partition coefficient (Wildman–Crippen LogP) is 1.35. The topological polar surface area (TPSA) is 69.7 Å². The van der Waals surface area contributed by atoms with Crippen molar-refractivity contribution >= 4 is 21.8 Å². The van der Waals surface area contributed by atoms with E-state index >= 15 is 0 Å². The van der Waals surface area contributed by atoms with Gasteiger partial charge in [0.25, 0.3) is 0 Å². The molecule has 1 saturated heterocycles. The van der Waals surface area contributed by atoms with Gasteiger partial charge in [0.1, 0.15) is 5.82 Å². The molecule has 23 heavy (non-hydrogen) atoms. The summed E-state index contributed by atoms with van der Waals surface area (Å²) in [5.41, 5.74) is 0.381. The number of amides is 1. The van der Waals surface area contributed by atoms with E-state index in [2.05, 4.69) is 5.32 Å². The van der Waals surface area contributed by atoms with E-state index < -0.39 is 16.0 Å². The summed E-state index contributed by atoms with van der Waals surface area (Å²) in [5, 5.41) is 2.74. The maximum absolute atomic E-state index is 13.0. The average Bonchev–Trinajstić information content (AvgIpc) is 2.55. The number of piperidine rings is 1. The zero-order valence-electron chi connectivity index (χ0n) is 13.3. The number of hydrogen-bond acceptors (Lipinski definition) is 3. The highest BCUT2D eigenvalue weighted by Gasteiger charge is 2.34. The molecule has 128 valence electrons. The first-order valence-electron chi connectivity index (χ1n) is 7.63. The van der Waals surface area contributed by atoms with Crippen molar-refractivity contribution in [2.75, 3.05) is 31.0 Å². The molecule has 2 rings (SSSR count). The first-order valence-corrected chi connectivity index (χ1v) is 9.03. The Labute approximate surface area is 136 Å². The first-order chi connectivity index (χ1) is 10.9. The summed E-state index contributed by atoms with van der Waals surface area (Å²) < 4.78 is 40.9. The van der Waals surface area contributed by atoms with Crippen LogP contribution in [0.2, 0.25) is 0 Å². The number of halogens is 1. The van der Waals surface area contributed by atoms with E-state index in [0.29, 0.717) is 31.6 Å². The van der Waals surface area contributed by atoms with Gasteiger partial charge in [0.15, 0.2) is 0 Å². The van der Waals surface area contributed by atoms with E-state index in [4.69, 9.17) is 0 Å². The highest BCUT2D eigenvalue weighted by atomic mass is 32.2. The molecule has 0 aromatic heterocycles. The summed E-state index contributed by atoms with van der Waals surface area (Å²) in [6.07, 6.45) is 1.32. The molecule has 1 N–H and O–H groups in total. The van der Waals surface area contributed by atoms with Gasteiger partial charge < -0.3 is 5.32 Å². The Morgan fingerprint density at radius 3 is 2.65 bits per heavy atom. The standard InChI is InChI=1S/C15H22FN3O3S/c1-3-17-15(20)12-5-4-10-19(11-12)23(21,22)18(2)14-8-6-13(16)7-9-14/h6-9,12H,3-5,10-11H2,1-2H3,(H,17,20)/t12-/m1/s1. The molecule has 1 aromatic rings. The van der Waals surface area contributed by atoms with Crippen LogP contribution in [0.5, 0.6) is 0 Å². The van der Waals surface area contributed by atoms with Crippen molar-refractivity contribution in [2.24, 2.45) is 5.92 Å². The monoisotopic (exact) mass is 343 g/mol. The maximum Gasteiger partial charge on any atom is 0.303 e. The SMILES string of the molecule is CCNC(=O)[C@@H]1CCCN(S(=O)(=O)N(C)c2ccc(F)cc2)C1. The third-order valence-electron chi connectivity index (χ3n) is 3.97. The van der Waals surface area contributed by atoms with Crippen LogP contribution in [-0.4, -0.2) is 45.3 Å². The molecule has 6 nitrogen and oxygen atoms in total. The number of benzene rings is 1. The third-order valence-corrected chi connectivity index (χ3v) is 5.86. The second kappa shape index (κ2) is 7.27. The van der Waals surface area contributed by atoms with Gasteiger partial charge in [-0.15, -0.1) is 0 Å². The summed E-state index contributed by atoms with van der Waals surface area (Å²) in [4.78, 5) is 12.0. The maximum atomic E-state index is 13.0. The largest absolute Gasteiger partial charge is 0.356 e. The van der Waals surface area contributed by atoms with Crippen molar-refractivity contribution in [2.45, 2.75) is 19.8 Å². The van der Waals surface area contributed by atoms with Crippen molar-refractivity contribution in [3.05, 3.63) is 30.1 Å². The van der Waals surface area contributed by atoms with Gasteiger partial charge in [0.05, 0.1) is 11.6 Å². The molecule has 0 unspecified atom stereocenters. The number of hydrogen-bond donors (Lipinski definition) is 1.